The van der Waals surface area contributed by atoms with Crippen molar-refractivity contribution in [2.75, 3.05) is 17.9 Å². The summed E-state index contributed by atoms with van der Waals surface area (Å²) in [7, 11) is 0.844. The van der Waals surface area contributed by atoms with Gasteiger partial charge in [-0.2, -0.15) is 5.10 Å². The van der Waals surface area contributed by atoms with Gasteiger partial charge in [-0.05, 0) is 17.7 Å². The summed E-state index contributed by atoms with van der Waals surface area (Å²) in [6, 6.07) is 5.51. The van der Waals surface area contributed by atoms with Gasteiger partial charge in [-0.25, -0.2) is 0 Å². The molecule has 0 amide bonds. The van der Waals surface area contributed by atoms with Gasteiger partial charge in [0.2, 0.25) is 0 Å². The lowest BCUT2D eigenvalue weighted by molar-refractivity contribution is 0.389. The first kappa shape index (κ1) is 16.2. The van der Waals surface area contributed by atoms with Crippen LogP contribution in [0.2, 0.25) is 0 Å². The van der Waals surface area contributed by atoms with Gasteiger partial charge < -0.3 is 10.5 Å². The third kappa shape index (κ3) is 4.38. The molecule has 110 valence electrons. The number of benzene rings is 1. The van der Waals surface area contributed by atoms with E-state index >= 15 is 0 Å². The predicted octanol–water partition coefficient (Wildman–Crippen LogP) is 2.41. The molecule has 20 heavy (non-hydrogen) atoms. The Balaban J connectivity index is 0.000000956. The second-order valence-electron chi connectivity index (χ2n) is 3.99. The van der Waals surface area contributed by atoms with Crippen LogP contribution < -0.4 is 10.5 Å². The third-order valence-corrected chi connectivity index (χ3v) is 2.88. The summed E-state index contributed by atoms with van der Waals surface area (Å²) in [4.78, 5) is 0. The first-order chi connectivity index (χ1) is 9.56. The molecular weight excluding hydrogens is 274 g/mol. The average Bonchev–Trinajstić information content (AvgIpc) is 2.86. The van der Waals surface area contributed by atoms with Crippen molar-refractivity contribution < 1.29 is 8.95 Å². The van der Waals surface area contributed by atoms with Crippen LogP contribution in [-0.4, -0.2) is 26.2 Å². The van der Waals surface area contributed by atoms with Crippen LogP contribution >= 0.6 is 0 Å². The fourth-order valence-electron chi connectivity index (χ4n) is 1.56. The summed E-state index contributed by atoms with van der Waals surface area (Å²) in [6.45, 7) is 4.00. The zero-order chi connectivity index (χ0) is 15.1. The Hall–Kier alpha value is -1.82. The summed E-state index contributed by atoms with van der Waals surface area (Å²) in [5, 5.41) is 4.12. The number of aromatic nitrogens is 2. The van der Waals surface area contributed by atoms with Gasteiger partial charge in [-0.1, -0.05) is 19.9 Å². The van der Waals surface area contributed by atoms with Gasteiger partial charge in [-0.3, -0.25) is 8.89 Å². The average molecular weight is 295 g/mol. The van der Waals surface area contributed by atoms with Crippen LogP contribution in [0.5, 0.6) is 5.75 Å². The first-order valence-electron chi connectivity index (χ1n) is 6.37. The van der Waals surface area contributed by atoms with E-state index in [0.717, 1.165) is 11.1 Å². The van der Waals surface area contributed by atoms with Crippen molar-refractivity contribution in [3.63, 3.8) is 0 Å². The Kier molecular flexibility index (Phi) is 6.24. The molecule has 0 spiro atoms. The molecule has 1 unspecified atom stereocenters. The van der Waals surface area contributed by atoms with Crippen molar-refractivity contribution in [2.24, 2.45) is 7.05 Å². The maximum Gasteiger partial charge on any atom is 0.162 e. The molecule has 2 aromatic rings. The Bertz CT molecular complexity index is 582. The smallest absolute Gasteiger partial charge is 0.162 e. The van der Waals surface area contributed by atoms with Gasteiger partial charge >= 0.3 is 0 Å². The molecule has 6 heteroatoms. The van der Waals surface area contributed by atoms with Gasteiger partial charge in [0.1, 0.15) is 5.75 Å². The van der Waals surface area contributed by atoms with Gasteiger partial charge in [0.25, 0.3) is 0 Å². The highest BCUT2D eigenvalue weighted by atomic mass is 32.2. The fourth-order valence-corrected chi connectivity index (χ4v) is 1.85. The van der Waals surface area contributed by atoms with Gasteiger partial charge in [0.05, 0.1) is 22.7 Å². The largest absolute Gasteiger partial charge is 0.478 e. The number of hydrogen-bond donors (Lipinski definition) is 1. The summed E-state index contributed by atoms with van der Waals surface area (Å²) in [6.07, 6.45) is 5.27. The van der Waals surface area contributed by atoms with Crippen LogP contribution in [0.3, 0.4) is 0 Å². The van der Waals surface area contributed by atoms with E-state index in [2.05, 4.69) is 5.10 Å². The Morgan fingerprint density at radius 1 is 1.35 bits per heavy atom. The molecule has 1 heterocycles. The molecule has 0 fully saturated rings. The van der Waals surface area contributed by atoms with Crippen LogP contribution in [0.15, 0.2) is 30.6 Å². The molecule has 0 radical (unpaired) electrons. The first-order valence-corrected chi connectivity index (χ1v) is 8.10. The molecule has 0 aliphatic rings. The van der Waals surface area contributed by atoms with E-state index in [4.69, 9.17) is 10.5 Å². The molecule has 1 aromatic heterocycles. The number of nitrogens with zero attached hydrogens (tertiary/aromatic N) is 2. The Labute approximate surface area is 122 Å². The maximum atomic E-state index is 11.0. The number of nitrogens with two attached hydrogens (primary N) is 1. The Morgan fingerprint density at radius 3 is 2.60 bits per heavy atom. The monoisotopic (exact) mass is 295 g/mol. The van der Waals surface area contributed by atoms with E-state index in [1.165, 1.54) is 0 Å². The van der Waals surface area contributed by atoms with Crippen molar-refractivity contribution in [2.45, 2.75) is 13.8 Å². The molecular formula is C14H21N3O2S. The minimum atomic E-state index is -1.02. The second-order valence-corrected chi connectivity index (χ2v) is 5.37. The zero-order valence-corrected chi connectivity index (χ0v) is 13.1. The van der Waals surface area contributed by atoms with Crippen molar-refractivity contribution in [1.82, 2.24) is 9.78 Å². The van der Waals surface area contributed by atoms with E-state index < -0.39 is 10.8 Å². The quantitative estimate of drug-likeness (QED) is 0.879. The summed E-state index contributed by atoms with van der Waals surface area (Å²) in [5.74, 6) is 0.687. The molecule has 0 aliphatic heterocycles. The lowest BCUT2D eigenvalue weighted by atomic mass is 10.1. The molecule has 1 atom stereocenters. The van der Waals surface area contributed by atoms with Crippen LogP contribution in [0, 0.1) is 0 Å². The SMILES string of the molecule is CC.Cn1cc(-c2ccc(N)c(OCS(C)=O)c2)cn1. The maximum absolute atomic E-state index is 11.0. The topological polar surface area (TPSA) is 70.1 Å². The Morgan fingerprint density at radius 2 is 2.05 bits per heavy atom. The molecule has 0 aliphatic carbocycles. The van der Waals surface area contributed by atoms with E-state index in [-0.39, 0.29) is 5.94 Å². The highest BCUT2D eigenvalue weighted by Gasteiger charge is 2.06. The predicted molar refractivity (Wildman–Crippen MR) is 84.0 cm³/mol. The standard InChI is InChI=1S/C12H15N3O2S.C2H6/c1-15-7-10(6-14-15)9-3-4-11(13)12(5-9)17-8-18(2)16;1-2/h3-7H,8,13H2,1-2H3;1-2H3. The van der Waals surface area contributed by atoms with E-state index in [1.54, 1.807) is 23.2 Å². The molecule has 0 saturated carbocycles. The second kappa shape index (κ2) is 7.69. The van der Waals surface area contributed by atoms with Gasteiger partial charge in [0, 0.05) is 25.1 Å². The van der Waals surface area contributed by atoms with Crippen LogP contribution in [0.1, 0.15) is 13.8 Å². The van der Waals surface area contributed by atoms with Gasteiger partial charge in [0.15, 0.2) is 5.94 Å². The fraction of sp³-hybridized carbons (Fsp3) is 0.357. The molecule has 1 aromatic carbocycles. The normalized spacial score (nSPS) is 11.4. The number of hydrogen-bond acceptors (Lipinski definition) is 4. The van der Waals surface area contributed by atoms with Crippen molar-refractivity contribution in [1.29, 1.82) is 0 Å². The number of nitrogen functional groups attached to an aromatic ring is 1. The number of aryl methyl sites for hydroxylation is 1. The number of ether oxygens (including phenoxy) is 1. The van der Waals surface area contributed by atoms with Crippen LogP contribution in [0.25, 0.3) is 11.1 Å². The van der Waals surface area contributed by atoms with Crippen molar-refractivity contribution >= 4 is 16.5 Å². The van der Waals surface area contributed by atoms with Gasteiger partial charge in [-0.15, -0.1) is 0 Å². The summed E-state index contributed by atoms with van der Waals surface area (Å²) in [5.41, 5.74) is 8.30. The van der Waals surface area contributed by atoms with E-state index in [0.29, 0.717) is 11.4 Å². The molecule has 2 rings (SSSR count). The lowest BCUT2D eigenvalue weighted by Gasteiger charge is -2.08. The van der Waals surface area contributed by atoms with Crippen LogP contribution in [-0.2, 0) is 17.8 Å². The van der Waals surface area contributed by atoms with Crippen molar-refractivity contribution in [3.8, 4) is 16.9 Å². The lowest BCUT2D eigenvalue weighted by Crippen LogP contribution is -2.04. The minimum Gasteiger partial charge on any atom is -0.478 e. The van der Waals surface area contributed by atoms with Crippen LogP contribution in [0.4, 0.5) is 5.69 Å². The van der Waals surface area contributed by atoms with E-state index in [9.17, 15) is 4.21 Å². The molecule has 0 saturated heterocycles. The van der Waals surface area contributed by atoms with E-state index in [1.807, 2.05) is 39.2 Å². The third-order valence-electron chi connectivity index (χ3n) is 2.43. The zero-order valence-electron chi connectivity index (χ0n) is 12.3. The van der Waals surface area contributed by atoms with Crippen molar-refractivity contribution in [3.05, 3.63) is 30.6 Å². The number of anilines is 1. The molecule has 0 bridgehead atoms. The highest BCUT2D eigenvalue weighted by Crippen LogP contribution is 2.28. The summed E-state index contributed by atoms with van der Waals surface area (Å²) >= 11 is 0. The summed E-state index contributed by atoms with van der Waals surface area (Å²) < 4.78 is 18.2. The molecule has 5 nitrogen and oxygen atoms in total. The highest BCUT2D eigenvalue weighted by molar-refractivity contribution is 7.84. The number of rotatable bonds is 4. The minimum absolute atomic E-state index is 0.140. The molecule has 2 N–H and O–H groups in total.